The predicted molar refractivity (Wildman–Crippen MR) is 114 cm³/mol. The fourth-order valence-electron chi connectivity index (χ4n) is 2.85. The molecule has 0 aliphatic carbocycles. The molecule has 0 aliphatic heterocycles. The molecule has 0 spiro atoms. The molecule has 29 heavy (non-hydrogen) atoms. The Hall–Kier alpha value is -3.19. The van der Waals surface area contributed by atoms with Gasteiger partial charge in [0.15, 0.2) is 5.11 Å². The molecule has 0 bridgehead atoms. The number of hydrogen-bond acceptors (Lipinski definition) is 3. The summed E-state index contributed by atoms with van der Waals surface area (Å²) >= 11 is 5.49. The summed E-state index contributed by atoms with van der Waals surface area (Å²) in [4.78, 5) is 0. The summed E-state index contributed by atoms with van der Waals surface area (Å²) in [7, 11) is 1.60. The zero-order valence-electron chi connectivity index (χ0n) is 15.6. The van der Waals surface area contributed by atoms with Crippen LogP contribution < -0.4 is 20.1 Å². The fraction of sp³-hybridized carbons (Fsp3) is 0.136. The molecule has 0 aliphatic rings. The molecule has 0 unspecified atom stereocenters. The summed E-state index contributed by atoms with van der Waals surface area (Å²) in [5.41, 5.74) is 2.62. The number of benzene rings is 3. The Morgan fingerprint density at radius 3 is 2.21 bits per heavy atom. The third kappa shape index (κ3) is 5.89. The smallest absolute Gasteiger partial charge is 0.387 e. The third-order valence-electron chi connectivity index (χ3n) is 4.17. The second-order valence-electron chi connectivity index (χ2n) is 6.12. The maximum Gasteiger partial charge on any atom is 0.387 e. The summed E-state index contributed by atoms with van der Waals surface area (Å²) in [5.74, 6) is 0.819. The largest absolute Gasteiger partial charge is 0.497 e. The number of halogens is 2. The average Bonchev–Trinajstić information content (AvgIpc) is 2.73. The molecule has 0 aromatic heterocycles. The number of methoxy groups -OCH3 is 1. The molecule has 0 saturated carbocycles. The summed E-state index contributed by atoms with van der Waals surface area (Å²) in [6.07, 6.45) is 0. The van der Waals surface area contributed by atoms with E-state index in [4.69, 9.17) is 17.0 Å². The van der Waals surface area contributed by atoms with Gasteiger partial charge in [-0.05, 0) is 47.6 Å². The Morgan fingerprint density at radius 1 is 0.862 bits per heavy atom. The molecule has 0 saturated heterocycles. The molecule has 4 nitrogen and oxygen atoms in total. The summed E-state index contributed by atoms with van der Waals surface area (Å²) < 4.78 is 34.5. The van der Waals surface area contributed by atoms with Crippen molar-refractivity contribution in [3.05, 3.63) is 90.0 Å². The second-order valence-corrected chi connectivity index (χ2v) is 6.53. The van der Waals surface area contributed by atoms with E-state index in [1.165, 1.54) is 12.1 Å². The van der Waals surface area contributed by atoms with E-state index in [9.17, 15) is 8.78 Å². The van der Waals surface area contributed by atoms with Gasteiger partial charge in [0.2, 0.25) is 0 Å². The molecule has 0 fully saturated rings. The summed E-state index contributed by atoms with van der Waals surface area (Å²) in [5, 5.41) is 6.84. The molecule has 2 N–H and O–H groups in total. The summed E-state index contributed by atoms with van der Waals surface area (Å²) in [6, 6.07) is 23.3. The highest BCUT2D eigenvalue weighted by molar-refractivity contribution is 7.80. The first-order chi connectivity index (χ1) is 14.0. The van der Waals surface area contributed by atoms with Crippen molar-refractivity contribution in [1.29, 1.82) is 0 Å². The minimum Gasteiger partial charge on any atom is -0.497 e. The van der Waals surface area contributed by atoms with Crippen LogP contribution in [0.1, 0.15) is 17.2 Å². The first-order valence-corrected chi connectivity index (χ1v) is 9.27. The molecule has 0 amide bonds. The van der Waals surface area contributed by atoms with Crippen LogP contribution >= 0.6 is 12.2 Å². The standard InChI is InChI=1S/C22H20F2N2O2S/c1-27-19-9-5-8-17(14-19)25-22(29)26-20(15-6-3-2-4-7-15)16-10-12-18(13-11-16)28-21(23)24/h2-14,20-21H,1H3,(H2,25,26,29)/t20-/m0/s1. The number of alkyl halides is 2. The van der Waals surface area contributed by atoms with E-state index in [2.05, 4.69) is 15.4 Å². The molecular formula is C22H20F2N2O2S. The van der Waals surface area contributed by atoms with E-state index >= 15 is 0 Å². The Morgan fingerprint density at radius 2 is 1.55 bits per heavy atom. The molecular weight excluding hydrogens is 394 g/mol. The number of thiocarbonyl (C=S) groups is 1. The van der Waals surface area contributed by atoms with E-state index < -0.39 is 6.61 Å². The Balaban J connectivity index is 1.79. The fourth-order valence-corrected chi connectivity index (χ4v) is 3.08. The van der Waals surface area contributed by atoms with Gasteiger partial charge in [-0.1, -0.05) is 48.5 Å². The van der Waals surface area contributed by atoms with Crippen LogP contribution in [0.2, 0.25) is 0 Å². The first kappa shape index (κ1) is 20.5. The van der Waals surface area contributed by atoms with Gasteiger partial charge in [-0.25, -0.2) is 0 Å². The molecule has 0 heterocycles. The van der Waals surface area contributed by atoms with Crippen LogP contribution in [0.3, 0.4) is 0 Å². The topological polar surface area (TPSA) is 42.5 Å². The lowest BCUT2D eigenvalue weighted by atomic mass is 9.99. The van der Waals surface area contributed by atoms with Crippen molar-refractivity contribution in [2.45, 2.75) is 12.7 Å². The van der Waals surface area contributed by atoms with Crippen LogP contribution in [0, 0.1) is 0 Å². The Kier molecular flexibility index (Phi) is 6.97. The monoisotopic (exact) mass is 414 g/mol. The van der Waals surface area contributed by atoms with Crippen LogP contribution in [0.25, 0.3) is 0 Å². The molecule has 7 heteroatoms. The van der Waals surface area contributed by atoms with Crippen molar-refractivity contribution in [2.24, 2.45) is 0 Å². The highest BCUT2D eigenvalue weighted by atomic mass is 32.1. The average molecular weight is 414 g/mol. The van der Waals surface area contributed by atoms with Crippen molar-refractivity contribution in [2.75, 3.05) is 12.4 Å². The van der Waals surface area contributed by atoms with Gasteiger partial charge < -0.3 is 20.1 Å². The molecule has 3 aromatic rings. The minimum atomic E-state index is -2.86. The Bertz CT molecular complexity index is 937. The second kappa shape index (κ2) is 9.84. The van der Waals surface area contributed by atoms with Gasteiger partial charge in [-0.3, -0.25) is 0 Å². The van der Waals surface area contributed by atoms with Gasteiger partial charge in [0, 0.05) is 11.8 Å². The summed E-state index contributed by atoms with van der Waals surface area (Å²) in [6.45, 7) is -2.86. The van der Waals surface area contributed by atoms with Gasteiger partial charge in [0.1, 0.15) is 11.5 Å². The predicted octanol–water partition coefficient (Wildman–Crippen LogP) is 5.37. The van der Waals surface area contributed by atoms with E-state index in [0.717, 1.165) is 16.8 Å². The number of anilines is 1. The molecule has 3 aromatic carbocycles. The lowest BCUT2D eigenvalue weighted by Gasteiger charge is -2.22. The lowest BCUT2D eigenvalue weighted by molar-refractivity contribution is -0.0498. The van der Waals surface area contributed by atoms with Crippen LogP contribution in [0.15, 0.2) is 78.9 Å². The zero-order chi connectivity index (χ0) is 20.6. The SMILES string of the molecule is COc1cccc(NC(=S)N[C@@H](c2ccccc2)c2ccc(OC(F)F)cc2)c1. The van der Waals surface area contributed by atoms with Crippen molar-refractivity contribution < 1.29 is 18.3 Å². The maximum absolute atomic E-state index is 12.4. The first-order valence-electron chi connectivity index (χ1n) is 8.86. The third-order valence-corrected chi connectivity index (χ3v) is 4.39. The van der Waals surface area contributed by atoms with Gasteiger partial charge >= 0.3 is 6.61 Å². The van der Waals surface area contributed by atoms with E-state index in [-0.39, 0.29) is 11.8 Å². The van der Waals surface area contributed by atoms with Crippen LogP contribution in [-0.4, -0.2) is 18.8 Å². The van der Waals surface area contributed by atoms with Crippen LogP contribution in [-0.2, 0) is 0 Å². The van der Waals surface area contributed by atoms with Crippen molar-refractivity contribution in [1.82, 2.24) is 5.32 Å². The lowest BCUT2D eigenvalue weighted by Crippen LogP contribution is -2.33. The molecule has 150 valence electrons. The Labute approximate surface area is 173 Å². The minimum absolute atomic E-state index is 0.104. The number of rotatable bonds is 7. The molecule has 0 radical (unpaired) electrons. The molecule has 1 atom stereocenters. The van der Waals surface area contributed by atoms with Crippen molar-refractivity contribution in [3.8, 4) is 11.5 Å². The molecule has 3 rings (SSSR count). The van der Waals surface area contributed by atoms with Crippen LogP contribution in [0.4, 0.5) is 14.5 Å². The van der Waals surface area contributed by atoms with Gasteiger partial charge in [0.25, 0.3) is 0 Å². The van der Waals surface area contributed by atoms with Gasteiger partial charge in [0.05, 0.1) is 13.2 Å². The van der Waals surface area contributed by atoms with E-state index in [1.807, 2.05) is 54.6 Å². The van der Waals surface area contributed by atoms with Crippen LogP contribution in [0.5, 0.6) is 11.5 Å². The van der Waals surface area contributed by atoms with Crippen molar-refractivity contribution >= 4 is 23.0 Å². The van der Waals surface area contributed by atoms with Gasteiger partial charge in [-0.15, -0.1) is 0 Å². The zero-order valence-corrected chi connectivity index (χ0v) is 16.5. The van der Waals surface area contributed by atoms with E-state index in [1.54, 1.807) is 19.2 Å². The highest BCUT2D eigenvalue weighted by Gasteiger charge is 2.16. The van der Waals surface area contributed by atoms with Gasteiger partial charge in [-0.2, -0.15) is 8.78 Å². The normalized spacial score (nSPS) is 11.6. The van der Waals surface area contributed by atoms with E-state index in [0.29, 0.717) is 10.9 Å². The highest BCUT2D eigenvalue weighted by Crippen LogP contribution is 2.25. The number of nitrogens with one attached hydrogen (secondary N) is 2. The number of hydrogen-bond donors (Lipinski definition) is 2. The number of ether oxygens (including phenoxy) is 2. The quantitative estimate of drug-likeness (QED) is 0.509. The van der Waals surface area contributed by atoms with Crippen molar-refractivity contribution in [3.63, 3.8) is 0 Å². The maximum atomic E-state index is 12.4.